The first-order valence-electron chi connectivity index (χ1n) is 14.2. The molecule has 1 saturated heterocycles. The average molecular weight is 679 g/mol. The quantitative estimate of drug-likeness (QED) is 0.170. The Labute approximate surface area is 265 Å². The zero-order chi connectivity index (χ0) is 32.4. The number of carbonyl (C=O) groups is 4. The van der Waals surface area contributed by atoms with Gasteiger partial charge in [0, 0.05) is 36.3 Å². The third kappa shape index (κ3) is 5.36. The summed E-state index contributed by atoms with van der Waals surface area (Å²) in [6, 6.07) is 4.07. The number of nitrogens with one attached hydrogen (secondary N) is 1. The number of ketones is 1. The Balaban J connectivity index is 1.30. The maximum Gasteiger partial charge on any atom is 0.376 e. The van der Waals surface area contributed by atoms with Crippen molar-refractivity contribution < 1.29 is 28.3 Å². The number of nitrogens with zero attached hydrogens (tertiary/aromatic N) is 6. The number of amides is 2. The van der Waals surface area contributed by atoms with E-state index in [1.54, 1.807) is 17.9 Å². The molecular weight excluding hydrogens is 649 g/mol. The lowest BCUT2D eigenvalue weighted by Crippen LogP contribution is -2.47. The number of carbonyl (C=O) groups excluding carboxylic acids is 4. The molecule has 1 aliphatic heterocycles. The number of methoxy groups -OCH3 is 1. The van der Waals surface area contributed by atoms with E-state index in [9.17, 15) is 23.6 Å². The predicted molar refractivity (Wildman–Crippen MR) is 164 cm³/mol. The standard InChI is InChI=1S/C31H29BrFN7O5/c1-14-6-17(18-11-34-28(35-12-18)30(44)45-5)8-19-24(16(3)41)38-39(25(14)19)13-23(42)40-21(9-31(4)10-22(31)40)29(43)37-27-15(2)7-20(33)26(32)36-27/h6-8,11-12,21-22H,9-10,13H2,1-5H3,(H,36,37,43)/t21-,22+,31-/m0/s1. The number of piperidine rings is 1. The van der Waals surface area contributed by atoms with E-state index in [4.69, 9.17) is 0 Å². The number of likely N-dealkylation sites (tertiary alicyclic amines) is 1. The summed E-state index contributed by atoms with van der Waals surface area (Å²) in [6.07, 6.45) is 4.25. The molecule has 14 heteroatoms. The maximum absolute atomic E-state index is 13.9. The van der Waals surface area contributed by atoms with Crippen molar-refractivity contribution in [2.24, 2.45) is 5.41 Å². The molecule has 12 nitrogen and oxygen atoms in total. The number of esters is 1. The number of aromatic nitrogens is 5. The Hall–Kier alpha value is -4.59. The zero-order valence-electron chi connectivity index (χ0n) is 25.1. The van der Waals surface area contributed by atoms with E-state index < -0.39 is 23.7 Å². The topological polar surface area (TPSA) is 149 Å². The van der Waals surface area contributed by atoms with Crippen LogP contribution in [0.2, 0.25) is 0 Å². The van der Waals surface area contributed by atoms with E-state index in [-0.39, 0.29) is 51.6 Å². The fraction of sp³-hybridized carbons (Fsp3) is 0.355. The molecule has 3 atom stereocenters. The monoisotopic (exact) mass is 677 g/mol. The summed E-state index contributed by atoms with van der Waals surface area (Å²) in [6.45, 7) is 6.76. The highest BCUT2D eigenvalue weighted by molar-refractivity contribution is 9.10. The number of hydrogen-bond donors (Lipinski definition) is 1. The average Bonchev–Trinajstić information content (AvgIpc) is 3.35. The minimum atomic E-state index is -0.749. The first kappa shape index (κ1) is 30.4. The predicted octanol–water partition coefficient (Wildman–Crippen LogP) is 4.41. The van der Waals surface area contributed by atoms with Crippen LogP contribution >= 0.6 is 15.9 Å². The second-order valence-electron chi connectivity index (χ2n) is 11.8. The third-order valence-corrected chi connectivity index (χ3v) is 9.15. The lowest BCUT2D eigenvalue weighted by molar-refractivity contribution is -0.138. The van der Waals surface area contributed by atoms with Crippen LogP contribution in [0.15, 0.2) is 35.2 Å². The van der Waals surface area contributed by atoms with Gasteiger partial charge in [-0.05, 0) is 82.9 Å². The van der Waals surface area contributed by atoms with E-state index >= 15 is 0 Å². The molecule has 0 unspecified atom stereocenters. The molecule has 1 aliphatic carbocycles. The first-order chi connectivity index (χ1) is 21.3. The molecule has 2 fully saturated rings. The van der Waals surface area contributed by atoms with Crippen LogP contribution in [-0.2, 0) is 20.9 Å². The number of benzene rings is 1. The molecule has 45 heavy (non-hydrogen) atoms. The van der Waals surface area contributed by atoms with Gasteiger partial charge in [0.15, 0.2) is 11.6 Å². The molecule has 2 aliphatic rings. The lowest BCUT2D eigenvalue weighted by atomic mass is 10.0. The van der Waals surface area contributed by atoms with Gasteiger partial charge in [-0.2, -0.15) is 5.10 Å². The molecule has 2 amide bonds. The van der Waals surface area contributed by atoms with Gasteiger partial charge in [0.25, 0.3) is 0 Å². The maximum atomic E-state index is 13.9. The fourth-order valence-electron chi connectivity index (χ4n) is 6.20. The molecule has 232 valence electrons. The Morgan fingerprint density at radius 1 is 1.09 bits per heavy atom. The van der Waals surface area contributed by atoms with E-state index in [1.165, 1.54) is 37.2 Å². The van der Waals surface area contributed by atoms with Crippen molar-refractivity contribution >= 4 is 56.2 Å². The van der Waals surface area contributed by atoms with Gasteiger partial charge in [-0.1, -0.05) is 6.92 Å². The Morgan fingerprint density at radius 2 is 1.80 bits per heavy atom. The van der Waals surface area contributed by atoms with Crippen LogP contribution in [0.4, 0.5) is 10.2 Å². The van der Waals surface area contributed by atoms with Crippen molar-refractivity contribution in [3.63, 3.8) is 0 Å². The van der Waals surface area contributed by atoms with Gasteiger partial charge in [0.2, 0.25) is 17.6 Å². The summed E-state index contributed by atoms with van der Waals surface area (Å²) in [5.74, 6) is -2.04. The molecule has 6 rings (SSSR count). The largest absolute Gasteiger partial charge is 0.463 e. The van der Waals surface area contributed by atoms with Crippen LogP contribution in [0.1, 0.15) is 58.9 Å². The number of anilines is 1. The number of hydrogen-bond acceptors (Lipinski definition) is 9. The lowest BCUT2D eigenvalue weighted by Gasteiger charge is -2.27. The molecule has 1 N–H and O–H groups in total. The minimum absolute atomic E-state index is 0.0198. The Kier molecular flexibility index (Phi) is 7.50. The van der Waals surface area contributed by atoms with E-state index in [0.29, 0.717) is 34.0 Å². The second-order valence-corrected chi connectivity index (χ2v) is 12.6. The van der Waals surface area contributed by atoms with Crippen LogP contribution in [0.3, 0.4) is 0 Å². The van der Waals surface area contributed by atoms with E-state index in [2.05, 4.69) is 46.0 Å². The second kappa shape index (κ2) is 11.1. The number of rotatable bonds is 7. The molecule has 0 bridgehead atoms. The smallest absolute Gasteiger partial charge is 0.376 e. The normalized spacial score (nSPS) is 20.2. The minimum Gasteiger partial charge on any atom is -0.463 e. The van der Waals surface area contributed by atoms with Gasteiger partial charge in [0.1, 0.15) is 28.7 Å². The van der Waals surface area contributed by atoms with E-state index in [0.717, 1.165) is 12.0 Å². The van der Waals surface area contributed by atoms with Gasteiger partial charge in [0.05, 0.1) is 12.6 Å². The number of Topliss-reactive ketones (excluding diaryl/α,β-unsaturated/α-hetero) is 1. The molecule has 4 heterocycles. The van der Waals surface area contributed by atoms with Crippen molar-refractivity contribution in [2.45, 2.75) is 59.2 Å². The van der Waals surface area contributed by atoms with Crippen molar-refractivity contribution in [1.29, 1.82) is 0 Å². The van der Waals surface area contributed by atoms with Crippen LogP contribution in [-0.4, -0.2) is 72.4 Å². The van der Waals surface area contributed by atoms with Gasteiger partial charge in [-0.25, -0.2) is 24.1 Å². The highest BCUT2D eigenvalue weighted by Gasteiger charge is 2.64. The first-order valence-corrected chi connectivity index (χ1v) is 15.0. The number of pyridine rings is 1. The number of ether oxygens (including phenoxy) is 1. The Bertz CT molecular complexity index is 1930. The molecule has 0 spiro atoms. The number of aryl methyl sites for hydroxylation is 2. The highest BCUT2D eigenvalue weighted by Crippen LogP contribution is 2.59. The number of fused-ring (bicyclic) bond motifs is 2. The fourth-order valence-corrected chi connectivity index (χ4v) is 6.49. The molecule has 0 radical (unpaired) electrons. The molecular formula is C31H29BrFN7O5. The van der Waals surface area contributed by atoms with Crippen molar-refractivity contribution in [1.82, 2.24) is 29.6 Å². The zero-order valence-corrected chi connectivity index (χ0v) is 26.7. The van der Waals surface area contributed by atoms with Gasteiger partial charge >= 0.3 is 5.97 Å². The van der Waals surface area contributed by atoms with E-state index in [1.807, 2.05) is 19.9 Å². The molecule has 1 aromatic carbocycles. The number of halogens is 2. The van der Waals surface area contributed by atoms with Crippen LogP contribution in [0.5, 0.6) is 0 Å². The van der Waals surface area contributed by atoms with Crippen molar-refractivity contribution in [2.75, 3.05) is 12.4 Å². The molecule has 1 saturated carbocycles. The summed E-state index contributed by atoms with van der Waals surface area (Å²) in [5.41, 5.74) is 3.15. The van der Waals surface area contributed by atoms with Gasteiger partial charge in [-0.15, -0.1) is 0 Å². The van der Waals surface area contributed by atoms with Crippen LogP contribution in [0, 0.1) is 25.1 Å². The van der Waals surface area contributed by atoms with Crippen LogP contribution < -0.4 is 5.32 Å². The van der Waals surface area contributed by atoms with Crippen molar-refractivity contribution in [3.05, 3.63) is 63.7 Å². The summed E-state index contributed by atoms with van der Waals surface area (Å²) in [5, 5.41) is 7.87. The summed E-state index contributed by atoms with van der Waals surface area (Å²) in [7, 11) is 1.25. The molecule has 4 aromatic rings. The SMILES string of the molecule is COC(=O)c1ncc(-c2cc(C)c3c(c2)c(C(C)=O)nn3CC(=O)N2[C@H](C(=O)Nc3nc(Br)c(F)cc3C)C[C@@]3(C)C[C@@H]23)cn1. The highest BCUT2D eigenvalue weighted by atomic mass is 79.9. The van der Waals surface area contributed by atoms with Gasteiger partial charge < -0.3 is 15.0 Å². The summed E-state index contributed by atoms with van der Waals surface area (Å²) in [4.78, 5) is 65.7. The van der Waals surface area contributed by atoms with Gasteiger partial charge in [-0.3, -0.25) is 19.1 Å². The third-order valence-electron chi connectivity index (χ3n) is 8.60. The van der Waals surface area contributed by atoms with Crippen LogP contribution in [0.25, 0.3) is 22.0 Å². The summed E-state index contributed by atoms with van der Waals surface area (Å²) < 4.78 is 20.1. The van der Waals surface area contributed by atoms with Crippen molar-refractivity contribution in [3.8, 4) is 11.1 Å². The Morgan fingerprint density at radius 3 is 2.47 bits per heavy atom. The molecule has 3 aromatic heterocycles. The summed E-state index contributed by atoms with van der Waals surface area (Å²) >= 11 is 3.06.